The van der Waals surface area contributed by atoms with Gasteiger partial charge in [0.2, 0.25) is 0 Å². The number of fused-ring (bicyclic) bond motifs is 8. The first kappa shape index (κ1) is 37.2. The second-order valence-corrected chi connectivity index (χ2v) is 7.35. The summed E-state index contributed by atoms with van der Waals surface area (Å²) in [6.45, 7) is 2.00. The van der Waals surface area contributed by atoms with Gasteiger partial charge in [-0.3, -0.25) is 0 Å². The molecule has 0 aliphatic carbocycles. The van der Waals surface area contributed by atoms with Crippen molar-refractivity contribution in [3.05, 3.63) is 108 Å². The molecule has 0 amide bonds. The zero-order valence-corrected chi connectivity index (χ0v) is 23.0. The summed E-state index contributed by atoms with van der Waals surface area (Å²) in [6, 6.07) is 28.9. The Balaban J connectivity index is 0.000000771. The molecule has 13 heteroatoms. The molecule has 2 aliphatic heterocycles. The maximum absolute atomic E-state index is 8.24. The Morgan fingerprint density at radius 1 is 0.512 bits per heavy atom. The molecular weight excluding hydrogens is 603 g/mol. The number of hydrogen-bond donors (Lipinski definition) is 6. The van der Waals surface area contributed by atoms with Crippen molar-refractivity contribution in [2.45, 2.75) is 0 Å². The Labute approximate surface area is 255 Å². The number of aliphatic hydroxyl groups excluding tert-OH is 4. The van der Waals surface area contributed by atoms with Crippen molar-refractivity contribution in [3.8, 4) is 0 Å². The molecule has 3 aromatic heterocycles. The molecule has 6 rings (SSSR count). The topological polar surface area (TPSA) is 207 Å². The standard InChI is InChI=1S/C20H14N4.C6H5.4CHO2.Co/c1-2-14-10-16-5-6-18(23-16)12-20-8-7-19(24-20)11-17-4-3-15(22-17)9-13(1)21-14;1-2-4-6-5-3-1;4*2-1-3;/h1-12,21-22H;1-5H;4*(H,2,3);/q;5*-1;. The van der Waals surface area contributed by atoms with Crippen LogP contribution in [0, 0.1) is 6.07 Å². The minimum atomic E-state index is 0. The number of aromatic nitrogens is 4. The van der Waals surface area contributed by atoms with Crippen molar-refractivity contribution >= 4 is 72.3 Å². The van der Waals surface area contributed by atoms with E-state index in [2.05, 4.69) is 56.3 Å². The van der Waals surface area contributed by atoms with Gasteiger partial charge < -0.3 is 49.6 Å². The van der Waals surface area contributed by atoms with Crippen LogP contribution in [0.4, 0.5) is 0 Å². The summed E-state index contributed by atoms with van der Waals surface area (Å²) in [5, 5.41) is 27.1. The van der Waals surface area contributed by atoms with Crippen molar-refractivity contribution in [3.63, 3.8) is 0 Å². The fourth-order valence-electron chi connectivity index (χ4n) is 3.29. The molecule has 0 atom stereocenters. The van der Waals surface area contributed by atoms with E-state index in [9.17, 15) is 0 Å². The van der Waals surface area contributed by atoms with Gasteiger partial charge >= 0.3 is 0 Å². The van der Waals surface area contributed by atoms with E-state index in [0.717, 1.165) is 44.8 Å². The van der Waals surface area contributed by atoms with E-state index < -0.39 is 0 Å². The van der Waals surface area contributed by atoms with Crippen LogP contribution in [0.5, 0.6) is 0 Å². The summed E-state index contributed by atoms with van der Waals surface area (Å²) in [4.78, 5) is 49.0. The second kappa shape index (κ2) is 23.0. The smallest absolute Gasteiger partial charge is 0.0659 e. The van der Waals surface area contributed by atoms with Gasteiger partial charge in [-0.05, 0) is 72.8 Å². The van der Waals surface area contributed by atoms with Gasteiger partial charge in [0, 0.05) is 38.8 Å². The second-order valence-electron chi connectivity index (χ2n) is 7.35. The van der Waals surface area contributed by atoms with Crippen molar-refractivity contribution in [1.29, 1.82) is 0 Å². The van der Waals surface area contributed by atoms with Crippen LogP contribution in [-0.2, 0) is 36.0 Å². The summed E-state index contributed by atoms with van der Waals surface area (Å²) in [5.74, 6) is 0. The molecular formula is C30H23CoN4O8-5. The summed E-state index contributed by atoms with van der Waals surface area (Å²) < 4.78 is 0. The Hall–Kier alpha value is -5.79. The molecule has 0 saturated carbocycles. The first-order chi connectivity index (χ1) is 20.5. The molecule has 5 heterocycles. The van der Waals surface area contributed by atoms with E-state index in [1.165, 1.54) is 0 Å². The van der Waals surface area contributed by atoms with Gasteiger partial charge in [-0.25, -0.2) is 9.97 Å². The van der Waals surface area contributed by atoms with Gasteiger partial charge in [0.25, 0.3) is 0 Å². The number of benzene rings is 1. The van der Waals surface area contributed by atoms with Crippen LogP contribution in [0.15, 0.2) is 78.9 Å². The number of rotatable bonds is 0. The number of nitrogens with one attached hydrogen (secondary N) is 2. The largest absolute Gasteiger partial charge is 0.665 e. The maximum atomic E-state index is 8.24. The molecule has 12 nitrogen and oxygen atoms in total. The normalized spacial score (nSPS) is 9.30. The number of hydrogen-bond acceptors (Lipinski definition) is 6. The zero-order chi connectivity index (χ0) is 31.0. The first-order valence-corrected chi connectivity index (χ1v) is 11.5. The molecule has 225 valence electrons. The average molecular weight is 626 g/mol. The van der Waals surface area contributed by atoms with Crippen LogP contribution < -0.4 is 0 Å². The predicted octanol–water partition coefficient (Wildman–Crippen LogP) is 4.59. The predicted molar refractivity (Wildman–Crippen MR) is 157 cm³/mol. The van der Waals surface area contributed by atoms with E-state index >= 15 is 0 Å². The molecule has 8 bridgehead atoms. The number of H-pyrrole nitrogens is 2. The number of aromatic amines is 2. The Morgan fingerprint density at radius 2 is 0.814 bits per heavy atom. The van der Waals surface area contributed by atoms with Crippen LogP contribution in [0.3, 0.4) is 0 Å². The molecule has 2 aliphatic rings. The third-order valence-corrected chi connectivity index (χ3v) is 4.65. The van der Waals surface area contributed by atoms with Gasteiger partial charge in [-0.2, -0.15) is 36.4 Å². The molecule has 6 N–H and O–H groups in total. The zero-order valence-electron chi connectivity index (χ0n) is 22.0. The molecule has 1 radical (unpaired) electrons. The minimum absolute atomic E-state index is 0. The first-order valence-electron chi connectivity index (χ1n) is 11.5. The quantitative estimate of drug-likeness (QED) is 0.129. The van der Waals surface area contributed by atoms with Crippen LogP contribution in [0.2, 0.25) is 0 Å². The van der Waals surface area contributed by atoms with Crippen LogP contribution in [-0.4, -0.2) is 66.3 Å². The van der Waals surface area contributed by atoms with Crippen LogP contribution >= 0.6 is 0 Å². The van der Waals surface area contributed by atoms with E-state index in [0.29, 0.717) is 25.9 Å². The van der Waals surface area contributed by atoms with E-state index in [4.69, 9.17) is 39.6 Å². The SMILES string of the molecule is C1=Cc2cc3ccc(cc4ccc(cc5nc(cc1n2)C=C5)[nH]4)[nH]3.O=[C-]O.O=[C-]O.O=[C-]O.O=[C-]O.[Co].[c-]1ccccc1. The van der Waals surface area contributed by atoms with Gasteiger partial charge in [0.05, 0.1) is 22.8 Å². The van der Waals surface area contributed by atoms with Crippen molar-refractivity contribution < 1.29 is 56.4 Å². The fourth-order valence-corrected chi connectivity index (χ4v) is 3.29. The summed E-state index contributed by atoms with van der Waals surface area (Å²) in [6.07, 6.45) is 8.05. The monoisotopic (exact) mass is 626 g/mol. The van der Waals surface area contributed by atoms with Crippen LogP contribution in [0.1, 0.15) is 22.8 Å². The maximum Gasteiger partial charge on any atom is 0.0659 e. The number of nitrogens with zero attached hydrogens (tertiary/aromatic N) is 2. The molecule has 0 spiro atoms. The van der Waals surface area contributed by atoms with E-state index in [1.54, 1.807) is 0 Å². The van der Waals surface area contributed by atoms with Gasteiger partial charge in [-0.15, -0.1) is 0 Å². The van der Waals surface area contributed by atoms with Crippen molar-refractivity contribution in [1.82, 2.24) is 19.9 Å². The molecule has 43 heavy (non-hydrogen) atoms. The summed E-state index contributed by atoms with van der Waals surface area (Å²) >= 11 is 0. The van der Waals surface area contributed by atoms with Gasteiger partial charge in [-0.1, -0.05) is 25.9 Å². The Morgan fingerprint density at radius 3 is 1.09 bits per heavy atom. The molecule has 0 saturated heterocycles. The summed E-state index contributed by atoms with van der Waals surface area (Å²) in [7, 11) is 0. The Bertz CT molecular complexity index is 1480. The van der Waals surface area contributed by atoms with Crippen molar-refractivity contribution in [2.75, 3.05) is 0 Å². The molecule has 4 aromatic rings. The molecule has 1 aromatic carbocycles. The minimum Gasteiger partial charge on any atom is -0.665 e. The Kier molecular flexibility index (Phi) is 19.9. The molecule has 0 unspecified atom stereocenters. The molecule has 0 fully saturated rings. The third-order valence-electron chi connectivity index (χ3n) is 4.65. The fraction of sp³-hybridized carbons (Fsp3) is 0. The van der Waals surface area contributed by atoms with Crippen LogP contribution in [0.25, 0.3) is 46.4 Å². The third kappa shape index (κ3) is 15.5. The summed E-state index contributed by atoms with van der Waals surface area (Å²) in [5.41, 5.74) is 7.86. The van der Waals surface area contributed by atoms with E-state index in [-0.39, 0.29) is 16.8 Å². The average Bonchev–Trinajstić information content (AvgIpc) is 3.79. The van der Waals surface area contributed by atoms with E-state index in [1.807, 2.05) is 72.8 Å². The van der Waals surface area contributed by atoms with Crippen molar-refractivity contribution in [2.24, 2.45) is 0 Å². The van der Waals surface area contributed by atoms with Gasteiger partial charge in [0.15, 0.2) is 0 Å². The van der Waals surface area contributed by atoms with Gasteiger partial charge in [0.1, 0.15) is 0 Å².